The van der Waals surface area contributed by atoms with Gasteiger partial charge in [-0.3, -0.25) is 0 Å². The molecule has 1 nitrogen and oxygen atoms in total. The Balaban J connectivity index is 2.49. The van der Waals surface area contributed by atoms with Gasteiger partial charge in [-0.05, 0) is 18.7 Å². The molecule has 1 atom stereocenters. The fourth-order valence-electron chi connectivity index (χ4n) is 1.37. The maximum absolute atomic E-state index is 13.3. The minimum absolute atomic E-state index is 0.163. The molecule has 0 fully saturated rings. The molecule has 1 rings (SSSR count). The highest BCUT2D eigenvalue weighted by molar-refractivity contribution is 7.99. The number of rotatable bonds is 6. The molecule has 1 unspecified atom stereocenters. The van der Waals surface area contributed by atoms with Gasteiger partial charge in [0.05, 0.1) is 0 Å². The molecule has 16 heavy (non-hydrogen) atoms. The topological polar surface area (TPSA) is 12.0 Å². The zero-order chi connectivity index (χ0) is 11.8. The van der Waals surface area contributed by atoms with Gasteiger partial charge in [0.1, 0.15) is 5.82 Å². The van der Waals surface area contributed by atoms with E-state index in [1.54, 1.807) is 12.1 Å². The largest absolute Gasteiger partial charge is 0.312 e. The molecule has 0 radical (unpaired) electrons. The van der Waals surface area contributed by atoms with Crippen LogP contribution in [0.25, 0.3) is 0 Å². The Hall–Kier alpha value is -0.980. The lowest BCUT2D eigenvalue weighted by atomic mass is 10.2. The number of halogens is 1. The molecule has 0 spiro atoms. The standard InChI is InChI=1S/C13H16FNS/c1-3-7-11(15-4-2)10-16-13-9-6-5-8-12(13)14/h1,5-6,8-9,11,15H,4,7,10H2,2H3. The van der Waals surface area contributed by atoms with Crippen LogP contribution in [-0.4, -0.2) is 18.3 Å². The summed E-state index contributed by atoms with van der Waals surface area (Å²) in [5.41, 5.74) is 0. The molecular formula is C13H16FNS. The molecule has 0 heterocycles. The maximum Gasteiger partial charge on any atom is 0.136 e. The van der Waals surface area contributed by atoms with Crippen LogP contribution < -0.4 is 5.32 Å². The van der Waals surface area contributed by atoms with E-state index in [9.17, 15) is 4.39 Å². The molecular weight excluding hydrogens is 221 g/mol. The zero-order valence-electron chi connectivity index (χ0n) is 9.37. The highest BCUT2D eigenvalue weighted by Gasteiger charge is 2.08. The zero-order valence-corrected chi connectivity index (χ0v) is 10.2. The van der Waals surface area contributed by atoms with Crippen molar-refractivity contribution in [3.8, 4) is 12.3 Å². The first-order valence-corrected chi connectivity index (χ1v) is 6.30. The van der Waals surface area contributed by atoms with Gasteiger partial charge >= 0.3 is 0 Å². The fourth-order valence-corrected chi connectivity index (χ4v) is 2.37. The summed E-state index contributed by atoms with van der Waals surface area (Å²) in [5.74, 6) is 3.26. The first-order chi connectivity index (χ1) is 7.77. The Labute approximate surface area is 101 Å². The fraction of sp³-hybridized carbons (Fsp3) is 0.385. The van der Waals surface area contributed by atoms with Crippen molar-refractivity contribution in [2.75, 3.05) is 12.3 Å². The van der Waals surface area contributed by atoms with Gasteiger partial charge in [-0.2, -0.15) is 0 Å². The summed E-state index contributed by atoms with van der Waals surface area (Å²) in [6.07, 6.45) is 5.96. The van der Waals surface area contributed by atoms with E-state index in [2.05, 4.69) is 11.2 Å². The number of terminal acetylenes is 1. The predicted molar refractivity (Wildman–Crippen MR) is 68.0 cm³/mol. The van der Waals surface area contributed by atoms with Crippen molar-refractivity contribution in [3.63, 3.8) is 0 Å². The third kappa shape index (κ3) is 4.26. The quantitative estimate of drug-likeness (QED) is 0.603. The summed E-state index contributed by atoms with van der Waals surface area (Å²) in [6, 6.07) is 7.06. The van der Waals surface area contributed by atoms with Crippen LogP contribution in [0.15, 0.2) is 29.2 Å². The second-order valence-electron chi connectivity index (χ2n) is 3.40. The molecule has 0 amide bonds. The summed E-state index contributed by atoms with van der Waals surface area (Å²) in [4.78, 5) is 0.683. The Morgan fingerprint density at radius 2 is 2.25 bits per heavy atom. The Morgan fingerprint density at radius 1 is 1.50 bits per heavy atom. The van der Waals surface area contributed by atoms with Gasteiger partial charge in [-0.15, -0.1) is 24.1 Å². The van der Waals surface area contributed by atoms with E-state index in [1.807, 2.05) is 13.0 Å². The number of thioether (sulfide) groups is 1. The van der Waals surface area contributed by atoms with Gasteiger partial charge in [0, 0.05) is 23.1 Å². The number of hydrogen-bond acceptors (Lipinski definition) is 2. The molecule has 0 aliphatic carbocycles. The maximum atomic E-state index is 13.3. The smallest absolute Gasteiger partial charge is 0.136 e. The first-order valence-electron chi connectivity index (χ1n) is 5.32. The SMILES string of the molecule is C#CCC(CSc1ccccc1F)NCC. The van der Waals surface area contributed by atoms with Crippen LogP contribution in [0.1, 0.15) is 13.3 Å². The van der Waals surface area contributed by atoms with Gasteiger partial charge < -0.3 is 5.32 Å². The van der Waals surface area contributed by atoms with Crippen molar-refractivity contribution in [1.82, 2.24) is 5.32 Å². The molecule has 1 N–H and O–H groups in total. The van der Waals surface area contributed by atoms with Crippen LogP contribution in [0, 0.1) is 18.2 Å². The summed E-state index contributed by atoms with van der Waals surface area (Å²) in [5, 5.41) is 3.29. The molecule has 0 aliphatic heterocycles. The average Bonchev–Trinajstić information content (AvgIpc) is 2.28. The minimum atomic E-state index is -0.163. The lowest BCUT2D eigenvalue weighted by Gasteiger charge is -2.14. The average molecular weight is 237 g/mol. The van der Waals surface area contributed by atoms with Crippen LogP contribution in [0.5, 0.6) is 0 Å². The molecule has 0 saturated heterocycles. The van der Waals surface area contributed by atoms with Gasteiger partial charge in [0.2, 0.25) is 0 Å². The van der Waals surface area contributed by atoms with Crippen LogP contribution in [-0.2, 0) is 0 Å². The van der Waals surface area contributed by atoms with Crippen molar-refractivity contribution >= 4 is 11.8 Å². The summed E-state index contributed by atoms with van der Waals surface area (Å²) in [6.45, 7) is 2.92. The Morgan fingerprint density at radius 3 is 2.88 bits per heavy atom. The van der Waals surface area contributed by atoms with E-state index in [4.69, 9.17) is 6.42 Å². The molecule has 0 saturated carbocycles. The van der Waals surface area contributed by atoms with E-state index in [1.165, 1.54) is 17.8 Å². The number of nitrogens with one attached hydrogen (secondary N) is 1. The van der Waals surface area contributed by atoms with Crippen molar-refractivity contribution in [3.05, 3.63) is 30.1 Å². The van der Waals surface area contributed by atoms with E-state index < -0.39 is 0 Å². The van der Waals surface area contributed by atoms with Crippen molar-refractivity contribution < 1.29 is 4.39 Å². The lowest BCUT2D eigenvalue weighted by Crippen LogP contribution is -2.30. The molecule has 1 aromatic rings. The third-order valence-electron chi connectivity index (χ3n) is 2.13. The van der Waals surface area contributed by atoms with Crippen molar-refractivity contribution in [2.45, 2.75) is 24.3 Å². The van der Waals surface area contributed by atoms with E-state index >= 15 is 0 Å². The first kappa shape index (κ1) is 13.1. The number of hydrogen-bond donors (Lipinski definition) is 1. The summed E-state index contributed by atoms with van der Waals surface area (Å²) in [7, 11) is 0. The summed E-state index contributed by atoms with van der Waals surface area (Å²) >= 11 is 1.50. The number of benzene rings is 1. The summed E-state index contributed by atoms with van der Waals surface area (Å²) < 4.78 is 13.3. The molecule has 0 aromatic heterocycles. The normalized spacial score (nSPS) is 12.1. The van der Waals surface area contributed by atoms with Crippen LogP contribution >= 0.6 is 11.8 Å². The molecule has 0 aliphatic rings. The second-order valence-corrected chi connectivity index (χ2v) is 4.47. The highest BCUT2D eigenvalue weighted by atomic mass is 32.2. The third-order valence-corrected chi connectivity index (χ3v) is 3.34. The van der Waals surface area contributed by atoms with Gasteiger partial charge in [0.15, 0.2) is 0 Å². The molecule has 1 aromatic carbocycles. The highest BCUT2D eigenvalue weighted by Crippen LogP contribution is 2.22. The van der Waals surface area contributed by atoms with Gasteiger partial charge in [0.25, 0.3) is 0 Å². The van der Waals surface area contributed by atoms with Gasteiger partial charge in [-0.1, -0.05) is 19.1 Å². The van der Waals surface area contributed by atoms with E-state index in [-0.39, 0.29) is 11.9 Å². The van der Waals surface area contributed by atoms with Crippen molar-refractivity contribution in [2.24, 2.45) is 0 Å². The Bertz CT molecular complexity index is 359. The van der Waals surface area contributed by atoms with E-state index in [0.717, 1.165) is 12.3 Å². The predicted octanol–water partition coefficient (Wildman–Crippen LogP) is 2.92. The monoisotopic (exact) mass is 237 g/mol. The molecule has 0 bridgehead atoms. The minimum Gasteiger partial charge on any atom is -0.312 e. The molecule has 3 heteroatoms. The van der Waals surface area contributed by atoms with Crippen molar-refractivity contribution in [1.29, 1.82) is 0 Å². The lowest BCUT2D eigenvalue weighted by molar-refractivity contribution is 0.584. The van der Waals surface area contributed by atoms with Crippen LogP contribution in [0.3, 0.4) is 0 Å². The second kappa shape index (κ2) is 7.32. The van der Waals surface area contributed by atoms with Gasteiger partial charge in [-0.25, -0.2) is 4.39 Å². The van der Waals surface area contributed by atoms with Crippen LogP contribution in [0.4, 0.5) is 4.39 Å². The van der Waals surface area contributed by atoms with E-state index in [0.29, 0.717) is 11.3 Å². The van der Waals surface area contributed by atoms with Crippen LogP contribution in [0.2, 0.25) is 0 Å². The molecule has 86 valence electrons. The Kier molecular flexibility index (Phi) is 5.99.